The van der Waals surface area contributed by atoms with Crippen LogP contribution < -0.4 is 0 Å². The number of halogens is 1. The molecule has 2 aromatic rings. The van der Waals surface area contributed by atoms with Gasteiger partial charge < -0.3 is 9.64 Å². The maximum atomic E-state index is 13.0. The highest BCUT2D eigenvalue weighted by molar-refractivity contribution is 7.89. The molecule has 28 heavy (non-hydrogen) atoms. The molecule has 150 valence electrons. The predicted molar refractivity (Wildman–Crippen MR) is 108 cm³/mol. The zero-order valence-electron chi connectivity index (χ0n) is 15.8. The number of carbonyl (C=O) groups is 1. The van der Waals surface area contributed by atoms with E-state index in [-0.39, 0.29) is 40.5 Å². The summed E-state index contributed by atoms with van der Waals surface area (Å²) >= 11 is 6.18. The van der Waals surface area contributed by atoms with E-state index in [1.807, 2.05) is 37.3 Å². The van der Waals surface area contributed by atoms with Crippen LogP contribution in [0.25, 0.3) is 0 Å². The molecular weight excluding hydrogens is 400 g/mol. The van der Waals surface area contributed by atoms with Gasteiger partial charge in [-0.2, -0.15) is 4.31 Å². The molecule has 0 aliphatic carbocycles. The van der Waals surface area contributed by atoms with Gasteiger partial charge in [0.1, 0.15) is 4.90 Å². The number of hydrogen-bond donors (Lipinski definition) is 0. The summed E-state index contributed by atoms with van der Waals surface area (Å²) in [4.78, 5) is 14.5. The van der Waals surface area contributed by atoms with Gasteiger partial charge in [-0.05, 0) is 30.7 Å². The second kappa shape index (κ2) is 8.61. The van der Waals surface area contributed by atoms with Crippen LogP contribution in [-0.4, -0.2) is 56.9 Å². The van der Waals surface area contributed by atoms with Gasteiger partial charge in [0.15, 0.2) is 0 Å². The van der Waals surface area contributed by atoms with Crippen LogP contribution in [0.2, 0.25) is 5.02 Å². The van der Waals surface area contributed by atoms with Gasteiger partial charge >= 0.3 is 0 Å². The number of hydrogen-bond acceptors (Lipinski definition) is 4. The van der Waals surface area contributed by atoms with Crippen LogP contribution in [0.4, 0.5) is 0 Å². The van der Waals surface area contributed by atoms with Crippen LogP contribution in [0.1, 0.15) is 28.9 Å². The van der Waals surface area contributed by atoms with E-state index in [2.05, 4.69) is 0 Å². The summed E-state index contributed by atoms with van der Waals surface area (Å²) in [5.74, 6) is -0.272. The highest BCUT2D eigenvalue weighted by atomic mass is 35.5. The van der Waals surface area contributed by atoms with Crippen LogP contribution in [0.3, 0.4) is 0 Å². The molecule has 1 fully saturated rings. The predicted octanol–water partition coefficient (Wildman–Crippen LogP) is 3.19. The van der Waals surface area contributed by atoms with Crippen LogP contribution in [0.5, 0.6) is 0 Å². The minimum absolute atomic E-state index is 0.0531. The largest absolute Gasteiger partial charge is 0.379 e. The summed E-state index contributed by atoms with van der Waals surface area (Å²) in [6.45, 7) is 3.14. The van der Waals surface area contributed by atoms with Gasteiger partial charge in [-0.3, -0.25) is 4.79 Å². The molecule has 2 aromatic carbocycles. The highest BCUT2D eigenvalue weighted by Gasteiger charge is 2.30. The third-order valence-corrected chi connectivity index (χ3v) is 7.33. The Bertz CT molecular complexity index is 944. The van der Waals surface area contributed by atoms with E-state index in [1.165, 1.54) is 16.4 Å². The van der Waals surface area contributed by atoms with Crippen LogP contribution in [0, 0.1) is 0 Å². The molecule has 0 N–H and O–H groups in total. The molecule has 1 heterocycles. The number of sulfonamides is 1. The smallest absolute Gasteiger partial charge is 0.254 e. The molecule has 1 amide bonds. The second-order valence-corrected chi connectivity index (χ2v) is 8.98. The van der Waals surface area contributed by atoms with E-state index in [1.54, 1.807) is 18.0 Å². The molecule has 1 aliphatic rings. The van der Waals surface area contributed by atoms with Crippen molar-refractivity contribution in [1.29, 1.82) is 0 Å². The molecule has 1 atom stereocenters. The maximum Gasteiger partial charge on any atom is 0.254 e. The van der Waals surface area contributed by atoms with E-state index in [4.69, 9.17) is 16.3 Å². The van der Waals surface area contributed by atoms with E-state index in [9.17, 15) is 13.2 Å². The summed E-state index contributed by atoms with van der Waals surface area (Å²) in [7, 11) is -2.10. The minimum Gasteiger partial charge on any atom is -0.379 e. The van der Waals surface area contributed by atoms with Crippen LogP contribution in [0.15, 0.2) is 53.4 Å². The second-order valence-electron chi connectivity index (χ2n) is 6.66. The lowest BCUT2D eigenvalue weighted by atomic mass is 10.1. The topological polar surface area (TPSA) is 66.9 Å². The molecule has 1 aliphatic heterocycles. The quantitative estimate of drug-likeness (QED) is 0.742. The Balaban J connectivity index is 1.89. The summed E-state index contributed by atoms with van der Waals surface area (Å²) < 4.78 is 32.5. The number of benzene rings is 2. The van der Waals surface area contributed by atoms with Crippen molar-refractivity contribution in [3.63, 3.8) is 0 Å². The average Bonchev–Trinajstić information content (AvgIpc) is 2.73. The van der Waals surface area contributed by atoms with Crippen molar-refractivity contribution in [2.75, 3.05) is 33.4 Å². The van der Waals surface area contributed by atoms with E-state index in [0.717, 1.165) is 5.56 Å². The van der Waals surface area contributed by atoms with Crippen LogP contribution >= 0.6 is 11.6 Å². The van der Waals surface area contributed by atoms with Gasteiger partial charge in [0, 0.05) is 25.7 Å². The first-order chi connectivity index (χ1) is 13.3. The molecule has 0 bridgehead atoms. The fourth-order valence-corrected chi connectivity index (χ4v) is 5.00. The Morgan fingerprint density at radius 1 is 1.14 bits per heavy atom. The van der Waals surface area contributed by atoms with Crippen molar-refractivity contribution < 1.29 is 17.9 Å². The summed E-state index contributed by atoms with van der Waals surface area (Å²) in [6.07, 6.45) is 0. The molecular formula is C20H23ClN2O4S. The van der Waals surface area contributed by atoms with Crippen molar-refractivity contribution in [1.82, 2.24) is 9.21 Å². The lowest BCUT2D eigenvalue weighted by Gasteiger charge is -2.27. The molecule has 8 heteroatoms. The summed E-state index contributed by atoms with van der Waals surface area (Å²) in [5, 5.41) is 0.0989. The van der Waals surface area contributed by atoms with Gasteiger partial charge in [0.2, 0.25) is 10.0 Å². The summed E-state index contributed by atoms with van der Waals surface area (Å²) in [5.41, 5.74) is 1.27. The first-order valence-corrected chi connectivity index (χ1v) is 10.8. The molecule has 0 radical (unpaired) electrons. The number of amides is 1. The third-order valence-electron chi connectivity index (χ3n) is 4.95. The van der Waals surface area contributed by atoms with Gasteiger partial charge in [0.25, 0.3) is 5.91 Å². The summed E-state index contributed by atoms with van der Waals surface area (Å²) in [6, 6.07) is 13.9. The van der Waals surface area contributed by atoms with Gasteiger partial charge in [0.05, 0.1) is 24.3 Å². The Hall–Kier alpha value is -1.93. The molecule has 0 spiro atoms. The van der Waals surface area contributed by atoms with Gasteiger partial charge in [-0.1, -0.05) is 41.9 Å². The Morgan fingerprint density at radius 3 is 2.43 bits per heavy atom. The maximum absolute atomic E-state index is 13.0. The number of nitrogens with zero attached hydrogens (tertiary/aromatic N) is 2. The first kappa shape index (κ1) is 20.8. The zero-order valence-corrected chi connectivity index (χ0v) is 17.4. The Morgan fingerprint density at radius 2 is 1.79 bits per heavy atom. The van der Waals surface area contributed by atoms with E-state index in [0.29, 0.717) is 13.2 Å². The van der Waals surface area contributed by atoms with Gasteiger partial charge in [-0.15, -0.1) is 0 Å². The fourth-order valence-electron chi connectivity index (χ4n) is 3.09. The van der Waals surface area contributed by atoms with E-state index < -0.39 is 10.0 Å². The number of ether oxygens (including phenoxy) is 1. The van der Waals surface area contributed by atoms with Crippen molar-refractivity contribution in [3.8, 4) is 0 Å². The lowest BCUT2D eigenvalue weighted by molar-refractivity contribution is 0.0729. The molecule has 0 unspecified atom stereocenters. The Labute approximate surface area is 170 Å². The molecule has 0 saturated carbocycles. The van der Waals surface area contributed by atoms with Crippen molar-refractivity contribution in [2.45, 2.75) is 17.9 Å². The van der Waals surface area contributed by atoms with Gasteiger partial charge in [-0.25, -0.2) is 8.42 Å². The SMILES string of the molecule is C[C@@H](c1ccccc1)N(C)C(=O)c1ccc(Cl)c(S(=O)(=O)N2CCOCC2)c1. The normalized spacial score (nSPS) is 16.5. The molecule has 3 rings (SSSR count). The number of rotatable bonds is 5. The number of carbonyl (C=O) groups excluding carboxylic acids is 1. The van der Waals surface area contributed by atoms with Crippen LogP contribution in [-0.2, 0) is 14.8 Å². The average molecular weight is 423 g/mol. The van der Waals surface area contributed by atoms with E-state index >= 15 is 0 Å². The molecule has 0 aromatic heterocycles. The fraction of sp³-hybridized carbons (Fsp3) is 0.350. The monoisotopic (exact) mass is 422 g/mol. The minimum atomic E-state index is -3.80. The molecule has 6 nitrogen and oxygen atoms in total. The van der Waals surface area contributed by atoms with Crippen molar-refractivity contribution in [3.05, 3.63) is 64.7 Å². The highest BCUT2D eigenvalue weighted by Crippen LogP contribution is 2.28. The Kier molecular flexibility index (Phi) is 6.40. The third kappa shape index (κ3) is 4.22. The lowest BCUT2D eigenvalue weighted by Crippen LogP contribution is -2.40. The standard InChI is InChI=1S/C20H23ClN2O4S/c1-15(16-6-4-3-5-7-16)22(2)20(24)17-8-9-18(21)19(14-17)28(25,26)23-10-12-27-13-11-23/h3-9,14-15H,10-13H2,1-2H3/t15-/m0/s1. The zero-order chi connectivity index (χ0) is 20.3. The number of morpholine rings is 1. The van der Waals surface area contributed by atoms with Crippen molar-refractivity contribution in [2.24, 2.45) is 0 Å². The first-order valence-electron chi connectivity index (χ1n) is 9.02. The van der Waals surface area contributed by atoms with Crippen molar-refractivity contribution >= 4 is 27.5 Å². The molecule has 1 saturated heterocycles.